The molecule has 2 bridgehead atoms. The Bertz CT molecular complexity index is 959. The fourth-order valence-corrected chi connectivity index (χ4v) is 5.55. The summed E-state index contributed by atoms with van der Waals surface area (Å²) >= 11 is 7.55. The van der Waals surface area contributed by atoms with Gasteiger partial charge in [0.2, 0.25) is 11.8 Å². The van der Waals surface area contributed by atoms with Crippen LogP contribution in [0.3, 0.4) is 0 Å². The first-order chi connectivity index (χ1) is 14.1. The van der Waals surface area contributed by atoms with Crippen molar-refractivity contribution >= 4 is 34.8 Å². The molecular formula is C22H21ClN2O3S. The van der Waals surface area contributed by atoms with Crippen LogP contribution in [0, 0.1) is 11.8 Å². The van der Waals surface area contributed by atoms with Gasteiger partial charge < -0.3 is 15.0 Å². The van der Waals surface area contributed by atoms with Gasteiger partial charge in [-0.25, -0.2) is 0 Å². The average Bonchev–Trinajstić information content (AvgIpc) is 3.47. The number of ether oxygens (including phenoxy) is 1. The predicted octanol–water partition coefficient (Wildman–Crippen LogP) is 3.04. The molecule has 150 valence electrons. The number of halogens is 1. The number of amides is 2. The lowest BCUT2D eigenvalue weighted by molar-refractivity contribution is -0.137. The SMILES string of the molecule is O=C(NCCc1ccc(Cl)cc1)[C@@H]1[C@H]2C=C[C@]3(CN(Cc4cccs4)C(=O)[C@@H]13)O2. The molecule has 4 atom stereocenters. The van der Waals surface area contributed by atoms with Gasteiger partial charge in [0.15, 0.2) is 0 Å². The molecular weight excluding hydrogens is 408 g/mol. The first-order valence-corrected chi connectivity index (χ1v) is 11.0. The molecule has 1 aromatic heterocycles. The van der Waals surface area contributed by atoms with E-state index in [0.717, 1.165) is 10.4 Å². The quantitative estimate of drug-likeness (QED) is 0.719. The molecule has 3 aliphatic heterocycles. The zero-order chi connectivity index (χ0) is 20.0. The van der Waals surface area contributed by atoms with E-state index in [1.165, 1.54) is 0 Å². The zero-order valence-corrected chi connectivity index (χ0v) is 17.3. The first-order valence-electron chi connectivity index (χ1n) is 9.76. The van der Waals surface area contributed by atoms with Gasteiger partial charge in [0.25, 0.3) is 0 Å². The third-order valence-electron chi connectivity index (χ3n) is 6.03. The lowest BCUT2D eigenvalue weighted by Crippen LogP contribution is -2.44. The lowest BCUT2D eigenvalue weighted by atomic mass is 9.77. The van der Waals surface area contributed by atoms with Crippen molar-refractivity contribution in [1.29, 1.82) is 0 Å². The van der Waals surface area contributed by atoms with Crippen LogP contribution < -0.4 is 5.32 Å². The minimum absolute atomic E-state index is 0.0168. The van der Waals surface area contributed by atoms with Crippen molar-refractivity contribution < 1.29 is 14.3 Å². The minimum atomic E-state index is -0.656. The number of benzene rings is 1. The number of carbonyl (C=O) groups excluding carboxylic acids is 2. The van der Waals surface area contributed by atoms with E-state index < -0.39 is 17.4 Å². The normalized spacial score (nSPS) is 29.5. The van der Waals surface area contributed by atoms with Crippen LogP contribution in [0.2, 0.25) is 5.02 Å². The summed E-state index contributed by atoms with van der Waals surface area (Å²) < 4.78 is 6.17. The highest BCUT2D eigenvalue weighted by molar-refractivity contribution is 7.09. The Balaban J connectivity index is 1.26. The molecule has 1 aromatic carbocycles. The Kier molecular flexibility index (Phi) is 4.73. The van der Waals surface area contributed by atoms with Gasteiger partial charge in [-0.3, -0.25) is 9.59 Å². The molecule has 2 fully saturated rings. The van der Waals surface area contributed by atoms with Gasteiger partial charge >= 0.3 is 0 Å². The predicted molar refractivity (Wildman–Crippen MR) is 112 cm³/mol. The van der Waals surface area contributed by atoms with Crippen molar-refractivity contribution in [2.75, 3.05) is 13.1 Å². The molecule has 0 saturated carbocycles. The van der Waals surface area contributed by atoms with Crippen LogP contribution in [-0.4, -0.2) is 41.5 Å². The minimum Gasteiger partial charge on any atom is -0.360 e. The molecule has 2 saturated heterocycles. The average molecular weight is 429 g/mol. The number of hydrogen-bond acceptors (Lipinski definition) is 4. The van der Waals surface area contributed by atoms with Crippen LogP contribution in [0.5, 0.6) is 0 Å². The molecule has 2 aromatic rings. The summed E-state index contributed by atoms with van der Waals surface area (Å²) in [5.41, 5.74) is 0.450. The van der Waals surface area contributed by atoms with E-state index in [-0.39, 0.29) is 17.9 Å². The summed E-state index contributed by atoms with van der Waals surface area (Å²) in [6.07, 6.45) is 4.34. The van der Waals surface area contributed by atoms with Crippen molar-refractivity contribution in [3.63, 3.8) is 0 Å². The molecule has 1 spiro atoms. The lowest BCUT2D eigenvalue weighted by Gasteiger charge is -2.23. The summed E-state index contributed by atoms with van der Waals surface area (Å²) in [5, 5.41) is 5.71. The van der Waals surface area contributed by atoms with Crippen molar-refractivity contribution in [1.82, 2.24) is 10.2 Å². The highest BCUT2D eigenvalue weighted by atomic mass is 35.5. The number of nitrogens with zero attached hydrogens (tertiary/aromatic N) is 1. The monoisotopic (exact) mass is 428 g/mol. The van der Waals surface area contributed by atoms with E-state index in [2.05, 4.69) is 5.32 Å². The van der Waals surface area contributed by atoms with E-state index in [1.807, 2.05) is 58.8 Å². The highest BCUT2D eigenvalue weighted by Gasteiger charge is 2.66. The number of nitrogens with one attached hydrogen (secondary N) is 1. The molecule has 4 heterocycles. The molecule has 5 rings (SSSR count). The van der Waals surface area contributed by atoms with Crippen LogP contribution >= 0.6 is 22.9 Å². The van der Waals surface area contributed by atoms with Gasteiger partial charge in [0, 0.05) is 16.4 Å². The van der Waals surface area contributed by atoms with Gasteiger partial charge in [0.05, 0.1) is 31.0 Å². The molecule has 2 amide bonds. The Morgan fingerprint density at radius 3 is 2.90 bits per heavy atom. The van der Waals surface area contributed by atoms with Gasteiger partial charge in [-0.05, 0) is 35.6 Å². The summed E-state index contributed by atoms with van der Waals surface area (Å²) in [5.74, 6) is -0.992. The molecule has 0 unspecified atom stereocenters. The Morgan fingerprint density at radius 1 is 1.31 bits per heavy atom. The maximum absolute atomic E-state index is 13.2. The molecule has 7 heteroatoms. The topological polar surface area (TPSA) is 58.6 Å². The van der Waals surface area contributed by atoms with Gasteiger partial charge in [-0.2, -0.15) is 0 Å². The van der Waals surface area contributed by atoms with Crippen LogP contribution in [0.4, 0.5) is 0 Å². The maximum Gasteiger partial charge on any atom is 0.230 e. The number of rotatable bonds is 6. The van der Waals surface area contributed by atoms with Crippen LogP contribution in [-0.2, 0) is 27.3 Å². The van der Waals surface area contributed by atoms with Crippen molar-refractivity contribution in [3.8, 4) is 0 Å². The van der Waals surface area contributed by atoms with Crippen LogP contribution in [0.25, 0.3) is 0 Å². The van der Waals surface area contributed by atoms with Crippen molar-refractivity contribution in [3.05, 3.63) is 69.4 Å². The fraction of sp³-hybridized carbons (Fsp3) is 0.364. The molecule has 5 nitrogen and oxygen atoms in total. The van der Waals surface area contributed by atoms with E-state index in [1.54, 1.807) is 11.3 Å². The molecule has 29 heavy (non-hydrogen) atoms. The van der Waals surface area contributed by atoms with Gasteiger partial charge in [0.1, 0.15) is 5.60 Å². The highest BCUT2D eigenvalue weighted by Crippen LogP contribution is 2.52. The summed E-state index contributed by atoms with van der Waals surface area (Å²) in [4.78, 5) is 29.1. The largest absolute Gasteiger partial charge is 0.360 e. The number of thiophene rings is 1. The number of fused-ring (bicyclic) bond motifs is 1. The zero-order valence-electron chi connectivity index (χ0n) is 15.7. The summed E-state index contributed by atoms with van der Waals surface area (Å²) in [7, 11) is 0. The third-order valence-corrected chi connectivity index (χ3v) is 7.15. The first kappa shape index (κ1) is 18.9. The fourth-order valence-electron chi connectivity index (χ4n) is 4.70. The maximum atomic E-state index is 13.2. The second-order valence-electron chi connectivity index (χ2n) is 7.84. The van der Waals surface area contributed by atoms with Crippen LogP contribution in [0.15, 0.2) is 53.9 Å². The van der Waals surface area contributed by atoms with E-state index >= 15 is 0 Å². The molecule has 1 N–H and O–H groups in total. The number of hydrogen-bond donors (Lipinski definition) is 1. The second kappa shape index (κ2) is 7.27. The smallest absolute Gasteiger partial charge is 0.230 e. The summed E-state index contributed by atoms with van der Waals surface area (Å²) in [6.45, 7) is 1.59. The standard InChI is InChI=1S/C22H21ClN2O3S/c23-15-5-3-14(4-6-15)8-10-24-20(26)18-17-7-9-22(28-17)13-25(21(27)19(18)22)12-16-2-1-11-29-16/h1-7,9,11,17-19H,8,10,12-13H2,(H,24,26)/t17-,18-,19-,22-/m1/s1. The van der Waals surface area contributed by atoms with Crippen molar-refractivity contribution in [2.24, 2.45) is 11.8 Å². The van der Waals surface area contributed by atoms with Crippen molar-refractivity contribution in [2.45, 2.75) is 24.7 Å². The molecule has 0 radical (unpaired) electrons. The Labute approximate surface area is 178 Å². The third kappa shape index (κ3) is 3.29. The molecule has 3 aliphatic rings. The van der Waals surface area contributed by atoms with Crippen LogP contribution in [0.1, 0.15) is 10.4 Å². The van der Waals surface area contributed by atoms with Gasteiger partial charge in [-0.15, -0.1) is 11.3 Å². The summed E-state index contributed by atoms with van der Waals surface area (Å²) in [6, 6.07) is 11.6. The Hall–Kier alpha value is -2.15. The Morgan fingerprint density at radius 2 is 2.14 bits per heavy atom. The second-order valence-corrected chi connectivity index (χ2v) is 9.31. The van der Waals surface area contributed by atoms with E-state index in [0.29, 0.717) is 31.1 Å². The van der Waals surface area contributed by atoms with Gasteiger partial charge in [-0.1, -0.05) is 42.0 Å². The molecule has 0 aliphatic carbocycles. The number of carbonyl (C=O) groups is 2. The van der Waals surface area contributed by atoms with E-state index in [4.69, 9.17) is 16.3 Å². The number of likely N-dealkylation sites (tertiary alicyclic amines) is 1. The van der Waals surface area contributed by atoms with E-state index in [9.17, 15) is 9.59 Å².